The number of fused-ring (bicyclic) bond motifs is 1. The van der Waals surface area contributed by atoms with Crippen molar-refractivity contribution in [1.29, 1.82) is 0 Å². The van der Waals surface area contributed by atoms with Crippen LogP contribution in [0.25, 0.3) is 0 Å². The molecule has 0 spiro atoms. The summed E-state index contributed by atoms with van der Waals surface area (Å²) in [7, 11) is -2.84. The zero-order valence-electron chi connectivity index (χ0n) is 19.8. The fourth-order valence-corrected chi connectivity index (χ4v) is 6.65. The first kappa shape index (κ1) is 25.7. The molecule has 0 radical (unpaired) electrons. The molecule has 1 unspecified atom stereocenters. The number of ether oxygens (including phenoxy) is 1. The van der Waals surface area contributed by atoms with E-state index in [2.05, 4.69) is 5.10 Å². The normalized spacial score (nSPS) is 19.2. The van der Waals surface area contributed by atoms with Gasteiger partial charge in [-0.05, 0) is 68.7 Å². The lowest BCUT2D eigenvalue weighted by atomic mass is 9.93. The fourth-order valence-electron chi connectivity index (χ4n) is 5.20. The number of aromatic nitrogens is 2. The van der Waals surface area contributed by atoms with Gasteiger partial charge < -0.3 is 4.74 Å². The molecule has 11 heteroatoms. The van der Waals surface area contributed by atoms with Crippen LogP contribution in [0.3, 0.4) is 0 Å². The van der Waals surface area contributed by atoms with E-state index in [0.29, 0.717) is 30.4 Å². The first-order valence-electron chi connectivity index (χ1n) is 11.9. The van der Waals surface area contributed by atoms with E-state index in [9.17, 15) is 26.4 Å². The van der Waals surface area contributed by atoms with Crippen molar-refractivity contribution in [3.8, 4) is 0 Å². The Hall–Kier alpha value is -2.40. The first-order chi connectivity index (χ1) is 16.5. The number of nitrogens with zero attached hydrogens (tertiary/aromatic N) is 3. The number of carbonyl (C=O) groups is 1. The Labute approximate surface area is 203 Å². The minimum atomic E-state index is -4.65. The molecule has 0 bridgehead atoms. The molecular formula is C24H30F3N3O4S. The van der Waals surface area contributed by atoms with Gasteiger partial charge in [0.05, 0.1) is 29.3 Å². The van der Waals surface area contributed by atoms with E-state index in [1.807, 2.05) is 0 Å². The van der Waals surface area contributed by atoms with Gasteiger partial charge in [-0.2, -0.15) is 22.6 Å². The number of rotatable bonds is 7. The van der Waals surface area contributed by atoms with Gasteiger partial charge in [0.25, 0.3) is 0 Å². The van der Waals surface area contributed by atoms with Gasteiger partial charge in [-0.25, -0.2) is 8.42 Å². The van der Waals surface area contributed by atoms with Crippen molar-refractivity contribution in [2.24, 2.45) is 0 Å². The number of benzene rings is 1. The smallest absolute Gasteiger partial charge is 0.416 e. The second kappa shape index (κ2) is 9.93. The number of esters is 1. The lowest BCUT2D eigenvalue weighted by Crippen LogP contribution is -2.34. The molecule has 0 N–H and O–H groups in total. The summed E-state index contributed by atoms with van der Waals surface area (Å²) >= 11 is 0. The number of halogens is 3. The topological polar surface area (TPSA) is 81.5 Å². The zero-order valence-corrected chi connectivity index (χ0v) is 20.7. The summed E-state index contributed by atoms with van der Waals surface area (Å²) in [5.41, 5.74) is 0.887. The summed E-state index contributed by atoms with van der Waals surface area (Å²) < 4.78 is 75.9. The predicted octanol–water partition coefficient (Wildman–Crippen LogP) is 4.82. The lowest BCUT2D eigenvalue weighted by molar-refractivity contribution is -0.144. The maximum Gasteiger partial charge on any atom is 0.416 e. The third-order valence-corrected chi connectivity index (χ3v) is 8.86. The van der Waals surface area contributed by atoms with Gasteiger partial charge in [0.2, 0.25) is 10.0 Å². The second-order valence-corrected chi connectivity index (χ2v) is 11.2. The minimum Gasteiger partial charge on any atom is -0.465 e. The third kappa shape index (κ3) is 5.25. The molecule has 1 saturated carbocycles. The predicted molar refractivity (Wildman–Crippen MR) is 122 cm³/mol. The highest BCUT2D eigenvalue weighted by molar-refractivity contribution is 7.89. The van der Waals surface area contributed by atoms with Gasteiger partial charge in [0.15, 0.2) is 0 Å². The van der Waals surface area contributed by atoms with Crippen LogP contribution in [0.15, 0.2) is 29.3 Å². The molecule has 1 aromatic carbocycles. The van der Waals surface area contributed by atoms with Gasteiger partial charge in [-0.15, -0.1) is 0 Å². The average molecular weight is 514 g/mol. The Bertz CT molecular complexity index is 1190. The summed E-state index contributed by atoms with van der Waals surface area (Å²) in [6.07, 6.45) is 2.01. The van der Waals surface area contributed by atoms with Crippen LogP contribution < -0.4 is 0 Å². The lowest BCUT2D eigenvalue weighted by Gasteiger charge is -2.31. The number of hydrogen-bond donors (Lipinski definition) is 0. The van der Waals surface area contributed by atoms with Crippen molar-refractivity contribution in [3.05, 3.63) is 46.8 Å². The van der Waals surface area contributed by atoms with E-state index in [4.69, 9.17) is 4.74 Å². The van der Waals surface area contributed by atoms with Crippen molar-refractivity contribution in [2.45, 2.75) is 81.4 Å². The van der Waals surface area contributed by atoms with Crippen LogP contribution in [0.2, 0.25) is 0 Å². The van der Waals surface area contributed by atoms with E-state index in [0.717, 1.165) is 47.8 Å². The summed E-state index contributed by atoms with van der Waals surface area (Å²) in [4.78, 5) is 11.6. The van der Waals surface area contributed by atoms with Crippen LogP contribution in [0, 0.1) is 0 Å². The molecule has 1 aromatic heterocycles. The van der Waals surface area contributed by atoms with E-state index < -0.39 is 33.8 Å². The largest absolute Gasteiger partial charge is 0.465 e. The molecule has 35 heavy (non-hydrogen) atoms. The number of sulfonamides is 1. The fraction of sp³-hybridized carbons (Fsp3) is 0.583. The Morgan fingerprint density at radius 2 is 1.89 bits per heavy atom. The molecule has 1 atom stereocenters. The number of hydrogen-bond acceptors (Lipinski definition) is 5. The van der Waals surface area contributed by atoms with E-state index in [1.165, 1.54) is 17.8 Å². The average Bonchev–Trinajstić information content (AvgIpc) is 3.48. The highest BCUT2D eigenvalue weighted by atomic mass is 32.2. The van der Waals surface area contributed by atoms with Gasteiger partial charge in [-0.1, -0.05) is 12.8 Å². The third-order valence-electron chi connectivity index (χ3n) is 7.01. The van der Waals surface area contributed by atoms with Crippen molar-refractivity contribution in [1.82, 2.24) is 14.1 Å². The molecule has 2 aromatic rings. The highest BCUT2D eigenvalue weighted by Crippen LogP contribution is 2.41. The number of alkyl halides is 3. The first-order valence-corrected chi connectivity index (χ1v) is 13.4. The zero-order chi connectivity index (χ0) is 25.4. The maximum absolute atomic E-state index is 13.7. The Morgan fingerprint density at radius 1 is 1.17 bits per heavy atom. The van der Waals surface area contributed by atoms with Crippen LogP contribution in [-0.4, -0.2) is 42.1 Å². The summed E-state index contributed by atoms with van der Waals surface area (Å²) in [5, 5.41) is 4.27. The summed E-state index contributed by atoms with van der Waals surface area (Å²) in [6, 6.07) is 2.64. The van der Waals surface area contributed by atoms with Crippen LogP contribution in [0.4, 0.5) is 13.2 Å². The van der Waals surface area contributed by atoms with E-state index in [-0.39, 0.29) is 24.0 Å². The molecule has 192 valence electrons. The summed E-state index contributed by atoms with van der Waals surface area (Å²) in [6.45, 7) is 1.87. The monoisotopic (exact) mass is 513 g/mol. The second-order valence-electron chi connectivity index (χ2n) is 9.21. The molecule has 1 heterocycles. The molecule has 0 amide bonds. The van der Waals surface area contributed by atoms with Crippen molar-refractivity contribution in [2.75, 3.05) is 13.7 Å². The standard InChI is InChI=1S/C24H30F3N3O4S/c1-3-34-23(31)15-30-22-10-6-9-21(20(22)14-28-30)29(2)35(32,33)19-12-17(16-7-4-5-8-16)11-18(13-19)24(25,26)27/h11-14,16,21H,3-10,15H2,1-2H3. The highest BCUT2D eigenvalue weighted by Gasteiger charge is 2.38. The van der Waals surface area contributed by atoms with Gasteiger partial charge in [-0.3, -0.25) is 9.48 Å². The maximum atomic E-state index is 13.7. The molecule has 2 aliphatic carbocycles. The number of carbonyl (C=O) groups excluding carboxylic acids is 1. The molecule has 2 aliphatic rings. The molecule has 7 nitrogen and oxygen atoms in total. The SMILES string of the molecule is CCOC(=O)Cn1ncc2c1CCCC2N(C)S(=O)(=O)c1cc(C2CCCC2)cc(C(F)(F)F)c1. The van der Waals surface area contributed by atoms with E-state index in [1.54, 1.807) is 13.1 Å². The Morgan fingerprint density at radius 3 is 2.54 bits per heavy atom. The molecule has 1 fully saturated rings. The van der Waals surface area contributed by atoms with Crippen molar-refractivity contribution in [3.63, 3.8) is 0 Å². The van der Waals surface area contributed by atoms with Crippen LogP contribution >= 0.6 is 0 Å². The summed E-state index contributed by atoms with van der Waals surface area (Å²) in [5.74, 6) is -0.510. The van der Waals surface area contributed by atoms with Crippen LogP contribution in [-0.2, 0) is 38.7 Å². The Balaban J connectivity index is 1.68. The Kier molecular flexibility index (Phi) is 7.28. The van der Waals surface area contributed by atoms with Crippen molar-refractivity contribution >= 4 is 16.0 Å². The van der Waals surface area contributed by atoms with Gasteiger partial charge in [0, 0.05) is 18.3 Å². The van der Waals surface area contributed by atoms with Gasteiger partial charge >= 0.3 is 12.1 Å². The molecule has 0 aliphatic heterocycles. The van der Waals surface area contributed by atoms with Crippen molar-refractivity contribution < 1.29 is 31.1 Å². The quantitative estimate of drug-likeness (QED) is 0.496. The molecular weight excluding hydrogens is 483 g/mol. The minimum absolute atomic E-state index is 0.0704. The molecule has 0 saturated heterocycles. The molecule has 4 rings (SSSR count). The van der Waals surface area contributed by atoms with E-state index >= 15 is 0 Å². The van der Waals surface area contributed by atoms with Gasteiger partial charge in [0.1, 0.15) is 6.54 Å². The van der Waals surface area contributed by atoms with Crippen LogP contribution in [0.5, 0.6) is 0 Å². The van der Waals surface area contributed by atoms with Crippen LogP contribution in [0.1, 0.15) is 79.8 Å².